The molecule has 0 saturated heterocycles. The highest BCUT2D eigenvalue weighted by atomic mass is 16.2. The van der Waals surface area contributed by atoms with Crippen molar-refractivity contribution in [2.45, 2.75) is 57.2 Å². The summed E-state index contributed by atoms with van der Waals surface area (Å²) in [5.41, 5.74) is 6.02. The SMILES string of the molecule is CC(C)C(C)NC(=O)NC12CC(N)(C1)C2. The zero-order valence-electron chi connectivity index (χ0n) is 9.76. The molecule has 3 aliphatic rings. The van der Waals surface area contributed by atoms with E-state index in [9.17, 15) is 4.79 Å². The smallest absolute Gasteiger partial charge is 0.315 e. The van der Waals surface area contributed by atoms with Crippen LogP contribution in [0.15, 0.2) is 0 Å². The number of hydrogen-bond acceptors (Lipinski definition) is 2. The minimum absolute atomic E-state index is 0.0372. The molecule has 15 heavy (non-hydrogen) atoms. The molecule has 0 radical (unpaired) electrons. The first-order valence-electron chi connectivity index (χ1n) is 5.72. The summed E-state index contributed by atoms with van der Waals surface area (Å²) in [5, 5.41) is 5.99. The first kappa shape index (κ1) is 10.7. The monoisotopic (exact) mass is 211 g/mol. The summed E-state index contributed by atoms with van der Waals surface area (Å²) in [6.07, 6.45) is 2.84. The summed E-state index contributed by atoms with van der Waals surface area (Å²) in [6, 6.07) is 0.169. The quantitative estimate of drug-likeness (QED) is 0.651. The molecule has 1 unspecified atom stereocenters. The Morgan fingerprint density at radius 2 is 1.80 bits per heavy atom. The molecule has 0 spiro atoms. The molecule has 0 aromatic heterocycles. The highest BCUT2D eigenvalue weighted by Crippen LogP contribution is 2.58. The Morgan fingerprint density at radius 3 is 2.20 bits per heavy atom. The summed E-state index contributed by atoms with van der Waals surface area (Å²) >= 11 is 0. The average molecular weight is 211 g/mol. The van der Waals surface area contributed by atoms with Crippen LogP contribution in [0.3, 0.4) is 0 Å². The fourth-order valence-corrected chi connectivity index (χ4v) is 2.65. The van der Waals surface area contributed by atoms with Gasteiger partial charge in [-0.15, -0.1) is 0 Å². The molecule has 0 heterocycles. The molecule has 2 amide bonds. The highest BCUT2D eigenvalue weighted by Gasteiger charge is 2.66. The fraction of sp³-hybridized carbons (Fsp3) is 0.909. The number of amides is 2. The second-order valence-corrected chi connectivity index (χ2v) is 5.80. The lowest BCUT2D eigenvalue weighted by molar-refractivity contribution is -0.0691. The van der Waals surface area contributed by atoms with Crippen molar-refractivity contribution in [1.29, 1.82) is 0 Å². The van der Waals surface area contributed by atoms with Gasteiger partial charge in [0.2, 0.25) is 0 Å². The van der Waals surface area contributed by atoms with Gasteiger partial charge in [0.15, 0.2) is 0 Å². The van der Waals surface area contributed by atoms with E-state index in [4.69, 9.17) is 5.73 Å². The van der Waals surface area contributed by atoms with E-state index in [1.54, 1.807) is 0 Å². The van der Waals surface area contributed by atoms with E-state index in [1.165, 1.54) is 0 Å². The third-order valence-corrected chi connectivity index (χ3v) is 3.81. The Hall–Kier alpha value is -0.770. The standard InChI is InChI=1S/C11H21N3O/c1-7(2)8(3)13-9(15)14-11-4-10(12,5-11)6-11/h7-8H,4-6,12H2,1-3H3,(H2,13,14,15). The first-order valence-corrected chi connectivity index (χ1v) is 5.72. The van der Waals surface area contributed by atoms with Crippen LogP contribution in [0.5, 0.6) is 0 Å². The lowest BCUT2D eigenvalue weighted by Crippen LogP contribution is -2.82. The van der Waals surface area contributed by atoms with E-state index in [2.05, 4.69) is 24.5 Å². The van der Waals surface area contributed by atoms with Crippen molar-refractivity contribution in [3.63, 3.8) is 0 Å². The fourth-order valence-electron chi connectivity index (χ4n) is 2.65. The molecule has 4 heteroatoms. The van der Waals surface area contributed by atoms with E-state index < -0.39 is 0 Å². The van der Waals surface area contributed by atoms with Gasteiger partial charge >= 0.3 is 6.03 Å². The van der Waals surface area contributed by atoms with Crippen molar-refractivity contribution >= 4 is 6.03 Å². The molecule has 0 aromatic carbocycles. The maximum Gasteiger partial charge on any atom is 0.315 e. The Balaban J connectivity index is 1.75. The van der Waals surface area contributed by atoms with E-state index in [-0.39, 0.29) is 23.2 Å². The maximum atomic E-state index is 11.6. The molecule has 1 atom stereocenters. The topological polar surface area (TPSA) is 67.2 Å². The Labute approximate surface area is 91.0 Å². The molecule has 3 saturated carbocycles. The van der Waals surface area contributed by atoms with Crippen LogP contribution in [0.25, 0.3) is 0 Å². The molecule has 4 nitrogen and oxygen atoms in total. The van der Waals surface area contributed by atoms with Gasteiger partial charge in [0.25, 0.3) is 0 Å². The number of rotatable bonds is 3. The second kappa shape index (κ2) is 3.11. The first-order chi connectivity index (χ1) is 6.84. The highest BCUT2D eigenvalue weighted by molar-refractivity contribution is 5.76. The van der Waals surface area contributed by atoms with Gasteiger partial charge < -0.3 is 16.4 Å². The molecule has 2 bridgehead atoms. The Morgan fingerprint density at radius 1 is 1.27 bits per heavy atom. The van der Waals surface area contributed by atoms with E-state index in [1.807, 2.05) is 6.92 Å². The molecule has 3 rings (SSSR count). The molecular weight excluding hydrogens is 190 g/mol. The average Bonchev–Trinajstić information content (AvgIpc) is 1.98. The van der Waals surface area contributed by atoms with Gasteiger partial charge in [-0.3, -0.25) is 0 Å². The van der Waals surface area contributed by atoms with Crippen molar-refractivity contribution in [3.05, 3.63) is 0 Å². The number of nitrogens with two attached hydrogens (primary N) is 1. The van der Waals surface area contributed by atoms with Gasteiger partial charge in [-0.1, -0.05) is 13.8 Å². The van der Waals surface area contributed by atoms with Crippen molar-refractivity contribution in [3.8, 4) is 0 Å². The van der Waals surface area contributed by atoms with Gasteiger partial charge in [-0.25, -0.2) is 4.79 Å². The van der Waals surface area contributed by atoms with Gasteiger partial charge in [0.05, 0.1) is 0 Å². The molecule has 0 aliphatic heterocycles. The number of nitrogens with one attached hydrogen (secondary N) is 2. The third kappa shape index (κ3) is 1.83. The second-order valence-electron chi connectivity index (χ2n) is 5.80. The van der Waals surface area contributed by atoms with Gasteiger partial charge in [0, 0.05) is 17.1 Å². The maximum absolute atomic E-state index is 11.6. The van der Waals surface area contributed by atoms with Crippen LogP contribution in [0.2, 0.25) is 0 Å². The summed E-state index contributed by atoms with van der Waals surface area (Å²) in [6.45, 7) is 6.22. The van der Waals surface area contributed by atoms with Crippen molar-refractivity contribution in [2.24, 2.45) is 11.7 Å². The Kier molecular flexibility index (Phi) is 2.23. The zero-order chi connectivity index (χ0) is 11.3. The van der Waals surface area contributed by atoms with Gasteiger partial charge in [-0.2, -0.15) is 0 Å². The molecule has 3 fully saturated rings. The number of urea groups is 1. The zero-order valence-corrected chi connectivity index (χ0v) is 9.76. The third-order valence-electron chi connectivity index (χ3n) is 3.81. The molecule has 3 aliphatic carbocycles. The minimum Gasteiger partial charge on any atom is -0.335 e. The van der Waals surface area contributed by atoms with E-state index in [0.29, 0.717) is 5.92 Å². The summed E-state index contributed by atoms with van der Waals surface area (Å²) < 4.78 is 0. The Bertz CT molecular complexity index is 268. The number of carbonyl (C=O) groups excluding carboxylic acids is 1. The van der Waals surface area contributed by atoms with E-state index in [0.717, 1.165) is 19.3 Å². The number of hydrogen-bond donors (Lipinski definition) is 3. The van der Waals surface area contributed by atoms with Crippen molar-refractivity contribution < 1.29 is 4.79 Å². The largest absolute Gasteiger partial charge is 0.335 e. The minimum atomic E-state index is -0.0436. The van der Waals surface area contributed by atoms with Crippen LogP contribution in [-0.4, -0.2) is 23.2 Å². The van der Waals surface area contributed by atoms with Gasteiger partial charge in [-0.05, 0) is 32.1 Å². The lowest BCUT2D eigenvalue weighted by Gasteiger charge is -2.68. The number of carbonyl (C=O) groups is 1. The summed E-state index contributed by atoms with van der Waals surface area (Å²) in [4.78, 5) is 11.6. The predicted molar refractivity (Wildman–Crippen MR) is 59.5 cm³/mol. The predicted octanol–water partition coefficient (Wildman–Crippen LogP) is 0.964. The van der Waals surface area contributed by atoms with Gasteiger partial charge in [0.1, 0.15) is 0 Å². The van der Waals surface area contributed by atoms with E-state index >= 15 is 0 Å². The van der Waals surface area contributed by atoms with Crippen LogP contribution in [-0.2, 0) is 0 Å². The van der Waals surface area contributed by atoms with Crippen LogP contribution < -0.4 is 16.4 Å². The van der Waals surface area contributed by atoms with Crippen LogP contribution in [0, 0.1) is 5.92 Å². The summed E-state index contributed by atoms with van der Waals surface area (Å²) in [7, 11) is 0. The van der Waals surface area contributed by atoms with Crippen molar-refractivity contribution in [2.75, 3.05) is 0 Å². The molecule has 0 aromatic rings. The summed E-state index contributed by atoms with van der Waals surface area (Å²) in [5.74, 6) is 0.463. The van der Waals surface area contributed by atoms with Crippen LogP contribution in [0.4, 0.5) is 4.79 Å². The molecule has 4 N–H and O–H groups in total. The van der Waals surface area contributed by atoms with Crippen LogP contribution in [0.1, 0.15) is 40.0 Å². The normalized spacial score (nSPS) is 39.0. The van der Waals surface area contributed by atoms with Crippen LogP contribution >= 0.6 is 0 Å². The lowest BCUT2D eigenvalue weighted by atomic mass is 9.45. The van der Waals surface area contributed by atoms with Crippen molar-refractivity contribution in [1.82, 2.24) is 10.6 Å². The molecule has 86 valence electrons. The molecular formula is C11H21N3O.